The van der Waals surface area contributed by atoms with Gasteiger partial charge in [0.2, 0.25) is 21.8 Å². The Morgan fingerprint density at radius 3 is 2.35 bits per heavy atom. The lowest BCUT2D eigenvalue weighted by Crippen LogP contribution is -2.51. The van der Waals surface area contributed by atoms with E-state index in [0.717, 1.165) is 42.4 Å². The number of anilines is 1. The van der Waals surface area contributed by atoms with Crippen LogP contribution in [0.15, 0.2) is 42.5 Å². The highest BCUT2D eigenvalue weighted by atomic mass is 35.5. The fourth-order valence-corrected chi connectivity index (χ4v) is 4.66. The first kappa shape index (κ1) is 30.4. The van der Waals surface area contributed by atoms with Gasteiger partial charge in [-0.3, -0.25) is 13.9 Å². The normalized spacial score (nSPS) is 12.6. The molecule has 1 N–H and O–H groups in total. The quantitative estimate of drug-likeness (QED) is 0.401. The van der Waals surface area contributed by atoms with Crippen LogP contribution in [0.4, 0.5) is 18.9 Å². The molecule has 0 aliphatic carbocycles. The van der Waals surface area contributed by atoms with Crippen LogP contribution < -0.4 is 9.62 Å². The average Bonchev–Trinajstić information content (AvgIpc) is 2.80. The number of halogens is 4. The molecule has 0 aromatic heterocycles. The van der Waals surface area contributed by atoms with E-state index in [2.05, 4.69) is 5.32 Å². The number of nitrogens with one attached hydrogen (secondary N) is 1. The van der Waals surface area contributed by atoms with Gasteiger partial charge in [-0.2, -0.15) is 13.2 Å². The number of rotatable bonds is 11. The maximum atomic E-state index is 13.5. The van der Waals surface area contributed by atoms with Crippen LogP contribution in [0, 0.1) is 6.92 Å². The molecule has 204 valence electrons. The average molecular weight is 562 g/mol. The molecular formula is C25H31ClF3N3O4S. The molecule has 0 aliphatic heterocycles. The number of alkyl halides is 3. The fourth-order valence-electron chi connectivity index (χ4n) is 3.59. The molecule has 7 nitrogen and oxygen atoms in total. The smallest absolute Gasteiger partial charge is 0.354 e. The van der Waals surface area contributed by atoms with Crippen molar-refractivity contribution in [2.24, 2.45) is 0 Å². The second-order valence-electron chi connectivity index (χ2n) is 8.70. The van der Waals surface area contributed by atoms with Gasteiger partial charge in [-0.1, -0.05) is 49.2 Å². The summed E-state index contributed by atoms with van der Waals surface area (Å²) in [6, 6.07) is 8.84. The lowest BCUT2D eigenvalue weighted by Gasteiger charge is -2.32. The van der Waals surface area contributed by atoms with Crippen LogP contribution in [0.3, 0.4) is 0 Å². The molecule has 0 bridgehead atoms. The number of amides is 2. The van der Waals surface area contributed by atoms with E-state index in [0.29, 0.717) is 16.9 Å². The number of aryl methyl sites for hydroxylation is 1. The Balaban J connectivity index is 2.46. The Morgan fingerprint density at radius 2 is 1.78 bits per heavy atom. The largest absolute Gasteiger partial charge is 0.417 e. The summed E-state index contributed by atoms with van der Waals surface area (Å²) in [4.78, 5) is 27.5. The first-order valence-electron chi connectivity index (χ1n) is 11.6. The summed E-state index contributed by atoms with van der Waals surface area (Å²) in [6.07, 6.45) is -2.45. The molecule has 0 saturated carbocycles. The number of sulfonamides is 1. The van der Waals surface area contributed by atoms with Crippen LogP contribution in [0.1, 0.15) is 43.4 Å². The fraction of sp³-hybridized carbons (Fsp3) is 0.440. The van der Waals surface area contributed by atoms with E-state index in [9.17, 15) is 31.2 Å². The zero-order valence-electron chi connectivity index (χ0n) is 21.1. The van der Waals surface area contributed by atoms with Crippen LogP contribution in [-0.4, -0.2) is 50.5 Å². The van der Waals surface area contributed by atoms with Crippen molar-refractivity contribution >= 4 is 39.1 Å². The molecule has 2 rings (SSSR count). The minimum Gasteiger partial charge on any atom is -0.354 e. The lowest BCUT2D eigenvalue weighted by molar-refractivity contribution is -0.139. The first-order chi connectivity index (χ1) is 17.2. The van der Waals surface area contributed by atoms with E-state index in [-0.39, 0.29) is 12.2 Å². The van der Waals surface area contributed by atoms with E-state index >= 15 is 0 Å². The molecule has 12 heteroatoms. The Bertz CT molecular complexity index is 1220. The molecule has 2 aromatic rings. The van der Waals surface area contributed by atoms with Crippen LogP contribution >= 0.6 is 11.6 Å². The zero-order valence-corrected chi connectivity index (χ0v) is 22.7. The molecule has 0 aliphatic rings. The van der Waals surface area contributed by atoms with Gasteiger partial charge in [0.25, 0.3) is 0 Å². The molecule has 1 atom stereocenters. The number of benzene rings is 2. The van der Waals surface area contributed by atoms with E-state index in [1.165, 1.54) is 11.8 Å². The van der Waals surface area contributed by atoms with Crippen LogP contribution in [0.2, 0.25) is 5.02 Å². The molecule has 2 aromatic carbocycles. The molecule has 37 heavy (non-hydrogen) atoms. The van der Waals surface area contributed by atoms with Gasteiger partial charge in [0.15, 0.2) is 0 Å². The van der Waals surface area contributed by atoms with Crippen LogP contribution in [0.5, 0.6) is 0 Å². The third-order valence-corrected chi connectivity index (χ3v) is 7.29. The number of unbranched alkanes of at least 4 members (excludes halogenated alkanes) is 1. The second kappa shape index (κ2) is 12.6. The highest BCUT2D eigenvalue weighted by Gasteiger charge is 2.35. The molecule has 0 radical (unpaired) electrons. The molecular weight excluding hydrogens is 531 g/mol. The predicted octanol–water partition coefficient (Wildman–Crippen LogP) is 4.77. The Kier molecular flexibility index (Phi) is 10.4. The minimum atomic E-state index is -4.83. The third kappa shape index (κ3) is 8.36. The Morgan fingerprint density at radius 1 is 1.14 bits per heavy atom. The summed E-state index contributed by atoms with van der Waals surface area (Å²) in [5, 5.41) is 2.16. The number of carbonyl (C=O) groups excluding carboxylic acids is 2. The zero-order chi connectivity index (χ0) is 28.0. The van der Waals surface area contributed by atoms with Gasteiger partial charge in [-0.25, -0.2) is 8.42 Å². The van der Waals surface area contributed by atoms with E-state index in [1.807, 2.05) is 26.0 Å². The third-order valence-electron chi connectivity index (χ3n) is 5.82. The van der Waals surface area contributed by atoms with E-state index < -0.39 is 51.2 Å². The lowest BCUT2D eigenvalue weighted by atomic mass is 10.1. The number of hydrogen-bond acceptors (Lipinski definition) is 4. The van der Waals surface area contributed by atoms with Gasteiger partial charge in [-0.05, 0) is 49.6 Å². The molecule has 1 unspecified atom stereocenters. The van der Waals surface area contributed by atoms with Gasteiger partial charge in [0.05, 0.1) is 22.5 Å². The van der Waals surface area contributed by atoms with Crippen molar-refractivity contribution in [3.8, 4) is 0 Å². The Hall–Kier alpha value is -2.79. The monoisotopic (exact) mass is 561 g/mol. The summed E-state index contributed by atoms with van der Waals surface area (Å²) in [6.45, 7) is 4.92. The predicted molar refractivity (Wildman–Crippen MR) is 138 cm³/mol. The number of hydrogen-bond donors (Lipinski definition) is 1. The van der Waals surface area contributed by atoms with Gasteiger partial charge >= 0.3 is 6.18 Å². The number of carbonyl (C=O) groups is 2. The topological polar surface area (TPSA) is 86.8 Å². The summed E-state index contributed by atoms with van der Waals surface area (Å²) < 4.78 is 66.0. The highest BCUT2D eigenvalue weighted by molar-refractivity contribution is 7.92. The SMILES string of the molecule is CCCCNC(=O)C(C)N(Cc1ccccc1C)C(=O)CN(c1ccc(Cl)c(C(F)(F)F)c1)S(C)(=O)=O. The van der Waals surface area contributed by atoms with Crippen molar-refractivity contribution in [1.82, 2.24) is 10.2 Å². The Labute approximate surface area is 220 Å². The van der Waals surface area contributed by atoms with Crippen LogP contribution in [0.25, 0.3) is 0 Å². The second-order valence-corrected chi connectivity index (χ2v) is 11.0. The summed E-state index contributed by atoms with van der Waals surface area (Å²) in [5.41, 5.74) is -0.0103. The molecule has 0 spiro atoms. The maximum absolute atomic E-state index is 13.5. The van der Waals surface area contributed by atoms with Gasteiger partial charge in [0, 0.05) is 13.1 Å². The van der Waals surface area contributed by atoms with Crippen molar-refractivity contribution in [3.63, 3.8) is 0 Å². The van der Waals surface area contributed by atoms with Crippen molar-refractivity contribution in [1.29, 1.82) is 0 Å². The van der Waals surface area contributed by atoms with Gasteiger partial charge in [0.1, 0.15) is 12.6 Å². The van der Waals surface area contributed by atoms with Crippen molar-refractivity contribution in [2.75, 3.05) is 23.7 Å². The molecule has 0 heterocycles. The minimum absolute atomic E-state index is 0.000107. The van der Waals surface area contributed by atoms with Crippen molar-refractivity contribution in [2.45, 2.75) is 52.4 Å². The van der Waals surface area contributed by atoms with Gasteiger partial charge < -0.3 is 10.2 Å². The van der Waals surface area contributed by atoms with Crippen molar-refractivity contribution in [3.05, 3.63) is 64.2 Å². The molecule has 2 amide bonds. The summed E-state index contributed by atoms with van der Waals surface area (Å²) in [7, 11) is -4.19. The van der Waals surface area contributed by atoms with Crippen LogP contribution in [-0.2, 0) is 32.3 Å². The highest BCUT2D eigenvalue weighted by Crippen LogP contribution is 2.37. The van der Waals surface area contributed by atoms with E-state index in [4.69, 9.17) is 11.6 Å². The first-order valence-corrected chi connectivity index (χ1v) is 13.9. The number of nitrogens with zero attached hydrogens (tertiary/aromatic N) is 2. The van der Waals surface area contributed by atoms with Crippen molar-refractivity contribution < 1.29 is 31.2 Å². The standard InChI is InChI=1S/C25H31ClF3N3O4S/c1-5-6-13-30-24(34)18(3)31(15-19-10-8-7-9-17(19)2)23(33)16-32(37(4,35)36)20-11-12-22(26)21(14-20)25(27,28)29/h7-12,14,18H,5-6,13,15-16H2,1-4H3,(H,30,34). The van der Waals surface area contributed by atoms with E-state index in [1.54, 1.807) is 12.1 Å². The maximum Gasteiger partial charge on any atom is 0.417 e. The van der Waals surface area contributed by atoms with Gasteiger partial charge in [-0.15, -0.1) is 0 Å². The molecule has 0 fully saturated rings. The summed E-state index contributed by atoms with van der Waals surface area (Å²) in [5.74, 6) is -1.18. The summed E-state index contributed by atoms with van der Waals surface area (Å²) >= 11 is 5.68. The molecule has 0 saturated heterocycles.